The number of hydrogen-bond donors (Lipinski definition) is 1. The van der Waals surface area contributed by atoms with Crippen LogP contribution in [0.1, 0.15) is 31.9 Å². The van der Waals surface area contributed by atoms with E-state index in [0.717, 1.165) is 23.5 Å². The van der Waals surface area contributed by atoms with Crippen molar-refractivity contribution < 1.29 is 9.50 Å². The van der Waals surface area contributed by atoms with Crippen molar-refractivity contribution in [3.05, 3.63) is 59.9 Å². The molecule has 1 N–H and O–H groups in total. The van der Waals surface area contributed by atoms with Crippen molar-refractivity contribution in [2.45, 2.75) is 26.4 Å². The van der Waals surface area contributed by atoms with E-state index in [9.17, 15) is 9.50 Å². The molecule has 0 amide bonds. The van der Waals surface area contributed by atoms with Gasteiger partial charge in [-0.2, -0.15) is 0 Å². The van der Waals surface area contributed by atoms with Gasteiger partial charge in [-0.1, -0.05) is 19.1 Å². The molecule has 1 atom stereocenters. The minimum absolute atomic E-state index is 0.230. The number of benzene rings is 2. The Balaban J connectivity index is 2.25. The highest BCUT2D eigenvalue weighted by molar-refractivity contribution is 5.63. The lowest BCUT2D eigenvalue weighted by molar-refractivity contribution is 0.173. The van der Waals surface area contributed by atoms with Crippen LogP contribution in [-0.2, 0) is 0 Å². The average Bonchev–Trinajstić information content (AvgIpc) is 2.50. The first-order valence-corrected chi connectivity index (χ1v) is 6.96. The first kappa shape index (κ1) is 14.5. The van der Waals surface area contributed by atoms with Crippen LogP contribution in [0.2, 0.25) is 0 Å². The number of aliphatic hydroxyl groups is 1. The second-order valence-electron chi connectivity index (χ2n) is 4.74. The standard InChI is InChI=1S/C17H20FNO/c1-3-17(20)13-5-9-15(10-6-13)19(4-2)16-11-7-14(18)8-12-16/h5-12,17,20H,3-4H2,1-2H3/t17-/m1/s1. The predicted molar refractivity (Wildman–Crippen MR) is 80.8 cm³/mol. The molecule has 106 valence electrons. The third-order valence-electron chi connectivity index (χ3n) is 3.43. The Morgan fingerprint density at radius 3 is 1.90 bits per heavy atom. The molecular formula is C17H20FNO. The van der Waals surface area contributed by atoms with Crippen molar-refractivity contribution in [1.82, 2.24) is 0 Å². The summed E-state index contributed by atoms with van der Waals surface area (Å²) >= 11 is 0. The van der Waals surface area contributed by atoms with Gasteiger partial charge in [0.1, 0.15) is 5.82 Å². The van der Waals surface area contributed by atoms with Crippen molar-refractivity contribution in [2.75, 3.05) is 11.4 Å². The van der Waals surface area contributed by atoms with Crippen LogP contribution < -0.4 is 4.90 Å². The van der Waals surface area contributed by atoms with Crippen LogP contribution in [-0.4, -0.2) is 11.7 Å². The van der Waals surface area contributed by atoms with Gasteiger partial charge in [-0.15, -0.1) is 0 Å². The van der Waals surface area contributed by atoms with E-state index in [2.05, 4.69) is 11.8 Å². The highest BCUT2D eigenvalue weighted by Gasteiger charge is 2.09. The molecule has 0 heterocycles. The molecule has 20 heavy (non-hydrogen) atoms. The highest BCUT2D eigenvalue weighted by Crippen LogP contribution is 2.27. The molecule has 0 unspecified atom stereocenters. The SMILES string of the molecule is CC[C@@H](O)c1ccc(N(CC)c2ccc(F)cc2)cc1. The minimum Gasteiger partial charge on any atom is -0.388 e. The van der Waals surface area contributed by atoms with Crippen molar-refractivity contribution >= 4 is 11.4 Å². The molecule has 0 fully saturated rings. The van der Waals surface area contributed by atoms with Crippen LogP contribution in [0.4, 0.5) is 15.8 Å². The number of hydrogen-bond acceptors (Lipinski definition) is 2. The van der Waals surface area contributed by atoms with Gasteiger partial charge in [-0.3, -0.25) is 0 Å². The molecule has 2 rings (SSSR count). The van der Waals surface area contributed by atoms with Crippen molar-refractivity contribution in [2.24, 2.45) is 0 Å². The summed E-state index contributed by atoms with van der Waals surface area (Å²) in [6.07, 6.45) is 0.291. The molecule has 0 saturated heterocycles. The Labute approximate surface area is 119 Å². The number of anilines is 2. The van der Waals surface area contributed by atoms with Crippen LogP contribution in [0.5, 0.6) is 0 Å². The Hall–Kier alpha value is -1.87. The maximum atomic E-state index is 13.0. The van der Waals surface area contributed by atoms with Crippen LogP contribution in [0, 0.1) is 5.82 Å². The fourth-order valence-electron chi connectivity index (χ4n) is 2.25. The normalized spacial score (nSPS) is 12.2. The number of halogens is 1. The molecule has 0 aliphatic carbocycles. The third kappa shape index (κ3) is 3.17. The smallest absolute Gasteiger partial charge is 0.123 e. The number of aliphatic hydroxyl groups excluding tert-OH is 1. The van der Waals surface area contributed by atoms with Crippen molar-refractivity contribution in [3.63, 3.8) is 0 Å². The maximum absolute atomic E-state index is 13.0. The monoisotopic (exact) mass is 273 g/mol. The summed E-state index contributed by atoms with van der Waals surface area (Å²) in [7, 11) is 0. The third-order valence-corrected chi connectivity index (χ3v) is 3.43. The molecular weight excluding hydrogens is 253 g/mol. The molecule has 2 nitrogen and oxygen atoms in total. The van der Waals surface area contributed by atoms with Gasteiger partial charge in [0.2, 0.25) is 0 Å². The second kappa shape index (κ2) is 6.53. The predicted octanol–water partition coefficient (Wildman–Crippen LogP) is 4.43. The quantitative estimate of drug-likeness (QED) is 0.871. The van der Waals surface area contributed by atoms with E-state index < -0.39 is 6.10 Å². The first-order valence-electron chi connectivity index (χ1n) is 6.96. The number of rotatable bonds is 5. The van der Waals surface area contributed by atoms with Gasteiger partial charge >= 0.3 is 0 Å². The van der Waals surface area contributed by atoms with Crippen LogP contribution in [0.3, 0.4) is 0 Å². The van der Waals surface area contributed by atoms with Gasteiger partial charge < -0.3 is 10.0 Å². The summed E-state index contributed by atoms with van der Waals surface area (Å²) in [5.41, 5.74) is 2.91. The minimum atomic E-state index is -0.412. The van der Waals surface area contributed by atoms with E-state index in [1.54, 1.807) is 12.1 Å². The molecule has 0 saturated carbocycles. The second-order valence-corrected chi connectivity index (χ2v) is 4.74. The molecule has 0 bridgehead atoms. The Bertz CT molecular complexity index is 536. The zero-order valence-electron chi connectivity index (χ0n) is 11.9. The van der Waals surface area contributed by atoms with E-state index >= 15 is 0 Å². The summed E-state index contributed by atoms with van der Waals surface area (Å²) in [6.45, 7) is 4.80. The molecule has 2 aromatic carbocycles. The van der Waals surface area contributed by atoms with Crippen molar-refractivity contribution in [1.29, 1.82) is 0 Å². The van der Waals surface area contributed by atoms with Gasteiger partial charge in [-0.05, 0) is 55.3 Å². The largest absolute Gasteiger partial charge is 0.388 e. The van der Waals surface area contributed by atoms with Gasteiger partial charge in [0, 0.05) is 17.9 Å². The lowest BCUT2D eigenvalue weighted by Crippen LogP contribution is -2.15. The van der Waals surface area contributed by atoms with Gasteiger partial charge in [-0.25, -0.2) is 4.39 Å². The zero-order valence-corrected chi connectivity index (χ0v) is 11.9. The van der Waals surface area contributed by atoms with Gasteiger partial charge in [0.15, 0.2) is 0 Å². The summed E-state index contributed by atoms with van der Waals surface area (Å²) < 4.78 is 13.0. The molecule has 0 aliphatic heterocycles. The summed E-state index contributed by atoms with van der Waals surface area (Å²) in [5.74, 6) is -0.230. The fourth-order valence-corrected chi connectivity index (χ4v) is 2.25. The Kier molecular flexibility index (Phi) is 4.74. The van der Waals surface area contributed by atoms with Gasteiger partial charge in [0.05, 0.1) is 6.10 Å². The highest BCUT2D eigenvalue weighted by atomic mass is 19.1. The fraction of sp³-hybridized carbons (Fsp3) is 0.294. The van der Waals surface area contributed by atoms with E-state index in [4.69, 9.17) is 0 Å². The first-order chi connectivity index (χ1) is 9.65. The lowest BCUT2D eigenvalue weighted by Gasteiger charge is -2.24. The summed E-state index contributed by atoms with van der Waals surface area (Å²) in [6, 6.07) is 14.3. The zero-order chi connectivity index (χ0) is 14.5. The van der Waals surface area contributed by atoms with Crippen molar-refractivity contribution in [3.8, 4) is 0 Å². The van der Waals surface area contributed by atoms with E-state index in [1.165, 1.54) is 12.1 Å². The summed E-state index contributed by atoms with van der Waals surface area (Å²) in [5, 5.41) is 9.81. The topological polar surface area (TPSA) is 23.5 Å². The average molecular weight is 273 g/mol. The molecule has 0 aliphatic rings. The van der Waals surface area contributed by atoms with E-state index in [1.807, 2.05) is 31.2 Å². The molecule has 0 radical (unpaired) electrons. The lowest BCUT2D eigenvalue weighted by atomic mass is 10.1. The Morgan fingerprint density at radius 2 is 1.45 bits per heavy atom. The Morgan fingerprint density at radius 1 is 0.950 bits per heavy atom. The van der Waals surface area contributed by atoms with Gasteiger partial charge in [0.25, 0.3) is 0 Å². The molecule has 0 aromatic heterocycles. The van der Waals surface area contributed by atoms with Crippen LogP contribution in [0.25, 0.3) is 0 Å². The molecule has 0 spiro atoms. The van der Waals surface area contributed by atoms with E-state index in [0.29, 0.717) is 6.42 Å². The molecule has 3 heteroatoms. The molecule has 2 aromatic rings. The van der Waals surface area contributed by atoms with E-state index in [-0.39, 0.29) is 5.82 Å². The number of nitrogens with zero attached hydrogens (tertiary/aromatic N) is 1. The maximum Gasteiger partial charge on any atom is 0.123 e. The summed E-state index contributed by atoms with van der Waals surface area (Å²) in [4.78, 5) is 2.10. The van der Waals surface area contributed by atoms with Crippen LogP contribution >= 0.6 is 0 Å². The van der Waals surface area contributed by atoms with Crippen LogP contribution in [0.15, 0.2) is 48.5 Å².